The van der Waals surface area contributed by atoms with E-state index in [1.54, 1.807) is 13.0 Å². The van der Waals surface area contributed by atoms with E-state index in [1.165, 1.54) is 12.1 Å². The fourth-order valence-electron chi connectivity index (χ4n) is 4.46. The average molecular weight is 562 g/mol. The molecule has 0 saturated carbocycles. The van der Waals surface area contributed by atoms with Gasteiger partial charge in [-0.15, -0.1) is 0 Å². The lowest BCUT2D eigenvalue weighted by atomic mass is 9.89. The summed E-state index contributed by atoms with van der Waals surface area (Å²) in [5.41, 5.74) is -4.13. The van der Waals surface area contributed by atoms with Crippen molar-refractivity contribution in [3.8, 4) is 0 Å². The minimum absolute atomic E-state index is 0.0581. The Labute approximate surface area is 221 Å². The number of likely N-dealkylation sites (tertiary alicyclic amines) is 1. The van der Waals surface area contributed by atoms with Crippen LogP contribution < -0.4 is 10.6 Å². The molecule has 2 aromatic rings. The Bertz CT molecular complexity index is 1140. The summed E-state index contributed by atoms with van der Waals surface area (Å²) < 4.78 is 92.9. The molecule has 5 nitrogen and oxygen atoms in total. The summed E-state index contributed by atoms with van der Waals surface area (Å²) in [6.45, 7) is 7.31. The van der Waals surface area contributed by atoms with Crippen molar-refractivity contribution in [3.05, 3.63) is 77.1 Å². The highest BCUT2D eigenvalue weighted by Gasteiger charge is 2.71. The molecule has 1 aliphatic heterocycles. The number of rotatable bonds is 8. The van der Waals surface area contributed by atoms with Crippen LogP contribution in [0.15, 0.2) is 54.6 Å². The first-order valence-electron chi connectivity index (χ1n) is 12.3. The molecule has 0 spiro atoms. The number of anilines is 1. The number of urea groups is 1. The van der Waals surface area contributed by atoms with Crippen LogP contribution >= 0.6 is 0 Å². The topological polar surface area (TPSA) is 64.6 Å². The number of carbonyl (C=O) groups excluding carboxylic acids is 1. The summed E-state index contributed by atoms with van der Waals surface area (Å²) >= 11 is 0. The molecule has 2 amide bonds. The zero-order chi connectivity index (χ0) is 29.0. The predicted molar refractivity (Wildman–Crippen MR) is 132 cm³/mol. The molecule has 0 unspecified atom stereocenters. The van der Waals surface area contributed by atoms with Crippen molar-refractivity contribution in [2.75, 3.05) is 25.0 Å². The van der Waals surface area contributed by atoms with Crippen molar-refractivity contribution < 1.29 is 40.6 Å². The van der Waals surface area contributed by atoms with Crippen LogP contribution in [0.4, 0.5) is 41.2 Å². The highest BCUT2D eigenvalue weighted by molar-refractivity contribution is 5.89. The summed E-state index contributed by atoms with van der Waals surface area (Å²) in [4.78, 5) is 13.9. The number of aliphatic hydroxyl groups is 1. The van der Waals surface area contributed by atoms with Crippen LogP contribution in [0.25, 0.3) is 0 Å². The summed E-state index contributed by atoms with van der Waals surface area (Å²) in [5.74, 6) is -0.295. The Hall–Kier alpha value is -3.12. The largest absolute Gasteiger partial charge is 0.430 e. The van der Waals surface area contributed by atoms with Gasteiger partial charge in [0.05, 0.1) is 5.69 Å². The van der Waals surface area contributed by atoms with E-state index in [-0.39, 0.29) is 18.2 Å². The van der Waals surface area contributed by atoms with Gasteiger partial charge in [-0.3, -0.25) is 4.90 Å². The van der Waals surface area contributed by atoms with Crippen LogP contribution in [0.2, 0.25) is 0 Å². The van der Waals surface area contributed by atoms with Gasteiger partial charge < -0.3 is 15.7 Å². The Morgan fingerprint density at radius 1 is 1.00 bits per heavy atom. The number of carbonyl (C=O) groups is 1. The molecule has 0 bridgehead atoms. The van der Waals surface area contributed by atoms with Crippen molar-refractivity contribution in [1.29, 1.82) is 0 Å². The van der Waals surface area contributed by atoms with E-state index >= 15 is 0 Å². The van der Waals surface area contributed by atoms with Crippen molar-refractivity contribution in [1.82, 2.24) is 10.2 Å². The van der Waals surface area contributed by atoms with E-state index in [9.17, 15) is 40.6 Å². The van der Waals surface area contributed by atoms with Gasteiger partial charge in [0.15, 0.2) is 0 Å². The lowest BCUT2D eigenvalue weighted by Crippen LogP contribution is -2.53. The van der Waals surface area contributed by atoms with Crippen molar-refractivity contribution >= 4 is 11.7 Å². The quantitative estimate of drug-likeness (QED) is 0.262. The number of hydrogen-bond donors (Lipinski definition) is 3. The Morgan fingerprint density at radius 2 is 1.56 bits per heavy atom. The van der Waals surface area contributed by atoms with Gasteiger partial charge >= 0.3 is 18.4 Å². The second-order valence-corrected chi connectivity index (χ2v) is 9.91. The first kappa shape index (κ1) is 30.4. The third-order valence-electron chi connectivity index (χ3n) is 6.66. The second kappa shape index (κ2) is 12.0. The highest BCUT2D eigenvalue weighted by Crippen LogP contribution is 2.50. The SMILES string of the molecule is C=C(C)CNC(=O)Nc1ccc(CC2CCN(Cc3ccc(C(O)(C(F)(F)F)C(F)(F)F)cc3)CC2)cc1F. The Morgan fingerprint density at radius 3 is 2.08 bits per heavy atom. The van der Waals surface area contributed by atoms with Gasteiger partial charge in [0.1, 0.15) is 5.82 Å². The third-order valence-corrected chi connectivity index (χ3v) is 6.66. The Kier molecular flexibility index (Phi) is 9.32. The zero-order valence-electron chi connectivity index (χ0n) is 21.2. The number of benzene rings is 2. The van der Waals surface area contributed by atoms with Gasteiger partial charge in [-0.1, -0.05) is 42.5 Å². The molecule has 0 atom stereocenters. The Balaban J connectivity index is 1.52. The number of nitrogens with one attached hydrogen (secondary N) is 2. The maximum atomic E-state index is 14.5. The van der Waals surface area contributed by atoms with Crippen LogP contribution in [0, 0.1) is 11.7 Å². The standard InChI is InChI=1S/C27H30F7N3O2/c1-17(2)15-35-24(38)36-23-8-5-20(14-22(23)28)13-18-9-11-37(12-10-18)16-19-3-6-21(7-4-19)25(39,26(29,30)31)27(32,33)34/h3-8,14,18,39H,1,9-13,15-16H2,2H3,(H2,35,36,38). The molecule has 1 saturated heterocycles. The molecule has 39 heavy (non-hydrogen) atoms. The lowest BCUT2D eigenvalue weighted by molar-refractivity contribution is -0.376. The molecule has 214 valence electrons. The number of alkyl halides is 6. The van der Waals surface area contributed by atoms with Crippen LogP contribution in [0.5, 0.6) is 0 Å². The van der Waals surface area contributed by atoms with E-state index in [0.717, 1.165) is 36.1 Å². The average Bonchev–Trinajstić information content (AvgIpc) is 2.84. The van der Waals surface area contributed by atoms with Crippen molar-refractivity contribution in [2.45, 2.75) is 50.7 Å². The van der Waals surface area contributed by atoms with E-state index < -0.39 is 35.4 Å². The summed E-state index contributed by atoms with van der Waals surface area (Å²) in [6, 6.07) is 7.70. The van der Waals surface area contributed by atoms with Gasteiger partial charge in [-0.2, -0.15) is 26.3 Å². The summed E-state index contributed by atoms with van der Waals surface area (Å²) in [5, 5.41) is 14.5. The van der Waals surface area contributed by atoms with Crippen LogP contribution in [-0.2, 0) is 18.6 Å². The van der Waals surface area contributed by atoms with E-state index in [0.29, 0.717) is 43.8 Å². The third kappa shape index (κ3) is 7.51. The van der Waals surface area contributed by atoms with Crippen LogP contribution in [0.1, 0.15) is 36.5 Å². The number of nitrogens with zero attached hydrogens (tertiary/aromatic N) is 1. The van der Waals surface area contributed by atoms with E-state index in [1.807, 2.05) is 4.90 Å². The first-order valence-corrected chi connectivity index (χ1v) is 12.3. The summed E-state index contributed by atoms with van der Waals surface area (Å²) in [7, 11) is 0. The van der Waals surface area contributed by atoms with Crippen molar-refractivity contribution in [3.63, 3.8) is 0 Å². The number of halogens is 7. The molecule has 3 N–H and O–H groups in total. The molecule has 0 aromatic heterocycles. The number of hydrogen-bond acceptors (Lipinski definition) is 3. The molecule has 0 aliphatic carbocycles. The second-order valence-electron chi connectivity index (χ2n) is 9.91. The smallest absolute Gasteiger partial charge is 0.369 e. The predicted octanol–water partition coefficient (Wildman–Crippen LogP) is 6.29. The molecule has 12 heteroatoms. The molecular weight excluding hydrogens is 531 g/mol. The normalized spacial score (nSPS) is 15.7. The molecule has 3 rings (SSSR count). The maximum Gasteiger partial charge on any atom is 0.430 e. The van der Waals surface area contributed by atoms with Crippen LogP contribution in [0.3, 0.4) is 0 Å². The highest BCUT2D eigenvalue weighted by atomic mass is 19.4. The van der Waals surface area contributed by atoms with Crippen molar-refractivity contribution in [2.24, 2.45) is 5.92 Å². The zero-order valence-corrected chi connectivity index (χ0v) is 21.2. The van der Waals surface area contributed by atoms with Gasteiger partial charge in [-0.05, 0) is 68.5 Å². The summed E-state index contributed by atoms with van der Waals surface area (Å²) in [6.07, 6.45) is -9.69. The minimum atomic E-state index is -5.92. The van der Waals surface area contributed by atoms with Gasteiger partial charge in [-0.25, -0.2) is 9.18 Å². The number of piperidine rings is 1. The molecular formula is C27H30F7N3O2. The first-order chi connectivity index (χ1) is 18.1. The van der Waals surface area contributed by atoms with Crippen LogP contribution in [-0.4, -0.2) is 48.0 Å². The minimum Gasteiger partial charge on any atom is -0.369 e. The fraction of sp³-hybridized carbons (Fsp3) is 0.444. The van der Waals surface area contributed by atoms with Gasteiger partial charge in [0.2, 0.25) is 0 Å². The van der Waals surface area contributed by atoms with Gasteiger partial charge in [0, 0.05) is 18.7 Å². The van der Waals surface area contributed by atoms with Gasteiger partial charge in [0.25, 0.3) is 5.60 Å². The molecule has 1 aliphatic rings. The van der Waals surface area contributed by atoms with E-state index in [2.05, 4.69) is 17.2 Å². The molecule has 0 radical (unpaired) electrons. The molecule has 1 fully saturated rings. The number of amides is 2. The lowest BCUT2D eigenvalue weighted by Gasteiger charge is -2.33. The maximum absolute atomic E-state index is 14.5. The molecule has 2 aromatic carbocycles. The fourth-order valence-corrected chi connectivity index (χ4v) is 4.46. The monoisotopic (exact) mass is 561 g/mol. The molecule has 1 heterocycles. The van der Waals surface area contributed by atoms with E-state index in [4.69, 9.17) is 0 Å².